The van der Waals surface area contributed by atoms with Gasteiger partial charge in [0.2, 0.25) is 5.91 Å². The zero-order chi connectivity index (χ0) is 11.7. The Balaban J connectivity index is 1.92. The predicted molar refractivity (Wildman–Crippen MR) is 55.8 cm³/mol. The van der Waals surface area contributed by atoms with Crippen LogP contribution < -0.4 is 5.32 Å². The first-order valence-electron chi connectivity index (χ1n) is 5.74. The largest absolute Gasteiger partial charge is 0.480 e. The van der Waals surface area contributed by atoms with Crippen LogP contribution >= 0.6 is 0 Å². The van der Waals surface area contributed by atoms with Crippen LogP contribution in [0.2, 0.25) is 0 Å². The summed E-state index contributed by atoms with van der Waals surface area (Å²) < 4.78 is 5.30. The molecule has 0 aromatic carbocycles. The summed E-state index contributed by atoms with van der Waals surface area (Å²) in [7, 11) is 0. The van der Waals surface area contributed by atoms with Crippen LogP contribution in [0.1, 0.15) is 26.2 Å². The summed E-state index contributed by atoms with van der Waals surface area (Å²) in [6, 6.07) is -0.733. The Morgan fingerprint density at radius 2 is 2.06 bits per heavy atom. The van der Waals surface area contributed by atoms with Crippen LogP contribution in [-0.4, -0.2) is 35.7 Å². The van der Waals surface area contributed by atoms with E-state index in [0.29, 0.717) is 6.61 Å². The third-order valence-electron chi connectivity index (χ3n) is 3.30. The lowest BCUT2D eigenvalue weighted by Gasteiger charge is -2.18. The van der Waals surface area contributed by atoms with Gasteiger partial charge in [-0.3, -0.25) is 4.79 Å². The fourth-order valence-electron chi connectivity index (χ4n) is 2.08. The topological polar surface area (TPSA) is 75.6 Å². The maximum Gasteiger partial charge on any atom is 0.326 e. The number of aliphatic carboxylic acids is 1. The van der Waals surface area contributed by atoms with Crippen LogP contribution in [0.15, 0.2) is 0 Å². The third kappa shape index (κ3) is 2.35. The number of ether oxygens (including phenoxy) is 1. The Labute approximate surface area is 94.2 Å². The van der Waals surface area contributed by atoms with Gasteiger partial charge >= 0.3 is 5.97 Å². The quantitative estimate of drug-likeness (QED) is 0.728. The predicted octanol–water partition coefficient (Wildman–Crippen LogP) is 0.391. The molecule has 1 saturated carbocycles. The fraction of sp³-hybridized carbons (Fsp3) is 0.818. The van der Waals surface area contributed by atoms with E-state index in [1.807, 2.05) is 6.92 Å². The molecule has 16 heavy (non-hydrogen) atoms. The molecule has 0 spiro atoms. The highest BCUT2D eigenvalue weighted by Crippen LogP contribution is 2.33. The molecule has 0 radical (unpaired) electrons. The first kappa shape index (κ1) is 11.4. The van der Waals surface area contributed by atoms with Crippen molar-refractivity contribution in [2.45, 2.75) is 38.3 Å². The summed E-state index contributed by atoms with van der Waals surface area (Å²) >= 11 is 0. The second-order valence-electron chi connectivity index (χ2n) is 4.72. The monoisotopic (exact) mass is 227 g/mol. The van der Waals surface area contributed by atoms with Crippen LogP contribution in [0.25, 0.3) is 0 Å². The van der Waals surface area contributed by atoms with Crippen LogP contribution in [0.4, 0.5) is 0 Å². The molecule has 1 heterocycles. The van der Waals surface area contributed by atoms with Gasteiger partial charge in [0.1, 0.15) is 12.1 Å². The minimum atomic E-state index is -0.943. The van der Waals surface area contributed by atoms with Crippen LogP contribution in [-0.2, 0) is 14.3 Å². The Morgan fingerprint density at radius 3 is 2.50 bits per heavy atom. The Morgan fingerprint density at radius 1 is 1.38 bits per heavy atom. The molecular formula is C11H17NO4. The van der Waals surface area contributed by atoms with Gasteiger partial charge in [0.05, 0.1) is 0 Å². The highest BCUT2D eigenvalue weighted by Gasteiger charge is 2.40. The number of carbonyl (C=O) groups is 2. The van der Waals surface area contributed by atoms with Crippen LogP contribution in [0.3, 0.4) is 0 Å². The third-order valence-corrected chi connectivity index (χ3v) is 3.30. The van der Waals surface area contributed by atoms with E-state index in [-0.39, 0.29) is 17.7 Å². The highest BCUT2D eigenvalue weighted by atomic mass is 16.5. The fourth-order valence-corrected chi connectivity index (χ4v) is 2.08. The summed E-state index contributed by atoms with van der Waals surface area (Å²) in [4.78, 5) is 22.8. The van der Waals surface area contributed by atoms with Crippen LogP contribution in [0.5, 0.6) is 0 Å². The molecular weight excluding hydrogens is 210 g/mol. The van der Waals surface area contributed by atoms with Crippen molar-refractivity contribution in [3.63, 3.8) is 0 Å². The van der Waals surface area contributed by atoms with Gasteiger partial charge in [0.15, 0.2) is 0 Å². The summed E-state index contributed by atoms with van der Waals surface area (Å²) in [5.41, 5.74) is 0. The van der Waals surface area contributed by atoms with Gasteiger partial charge < -0.3 is 15.2 Å². The molecule has 0 bridgehead atoms. The average molecular weight is 227 g/mol. The second kappa shape index (κ2) is 4.41. The van der Waals surface area contributed by atoms with Gasteiger partial charge in [0, 0.05) is 6.61 Å². The van der Waals surface area contributed by atoms with Crippen molar-refractivity contribution < 1.29 is 19.4 Å². The molecule has 3 unspecified atom stereocenters. The van der Waals surface area contributed by atoms with Gasteiger partial charge in [0.25, 0.3) is 0 Å². The average Bonchev–Trinajstić information content (AvgIpc) is 2.96. The standard InChI is InChI=1S/C11H17NO4/c1-6-4-5-16-9(6)10(13)12-8(11(14)15)7-2-3-7/h6-9H,2-5H2,1H3,(H,12,13)(H,14,15). The van der Waals surface area contributed by atoms with Crippen molar-refractivity contribution in [1.82, 2.24) is 5.32 Å². The second-order valence-corrected chi connectivity index (χ2v) is 4.72. The van der Waals surface area contributed by atoms with Gasteiger partial charge in [-0.05, 0) is 31.1 Å². The number of amides is 1. The number of carbonyl (C=O) groups excluding carboxylic acids is 1. The number of rotatable bonds is 4. The lowest BCUT2D eigenvalue weighted by molar-refractivity contribution is -0.144. The summed E-state index contributed by atoms with van der Waals surface area (Å²) in [5.74, 6) is -0.933. The molecule has 2 aliphatic rings. The number of carboxylic acids is 1. The van der Waals surface area contributed by atoms with E-state index in [4.69, 9.17) is 9.84 Å². The van der Waals surface area contributed by atoms with Gasteiger partial charge in [-0.1, -0.05) is 6.92 Å². The summed E-state index contributed by atoms with van der Waals surface area (Å²) in [5, 5.41) is 11.6. The zero-order valence-electron chi connectivity index (χ0n) is 9.31. The lowest BCUT2D eigenvalue weighted by Crippen LogP contribution is -2.47. The van der Waals surface area contributed by atoms with E-state index in [1.54, 1.807) is 0 Å². The van der Waals surface area contributed by atoms with Gasteiger partial charge in [-0.15, -0.1) is 0 Å². The van der Waals surface area contributed by atoms with E-state index in [9.17, 15) is 9.59 Å². The summed E-state index contributed by atoms with van der Waals surface area (Å²) in [6.45, 7) is 2.53. The maximum absolute atomic E-state index is 11.8. The van der Waals surface area contributed by atoms with E-state index >= 15 is 0 Å². The van der Waals surface area contributed by atoms with Crippen molar-refractivity contribution in [3.05, 3.63) is 0 Å². The zero-order valence-corrected chi connectivity index (χ0v) is 9.31. The molecule has 5 heteroatoms. The van der Waals surface area contributed by atoms with Crippen molar-refractivity contribution in [2.75, 3.05) is 6.61 Å². The number of nitrogens with one attached hydrogen (secondary N) is 1. The highest BCUT2D eigenvalue weighted by molar-refractivity contribution is 5.87. The van der Waals surface area contributed by atoms with Crippen molar-refractivity contribution >= 4 is 11.9 Å². The van der Waals surface area contributed by atoms with Crippen molar-refractivity contribution in [3.8, 4) is 0 Å². The van der Waals surface area contributed by atoms with E-state index < -0.39 is 18.1 Å². The Bertz CT molecular complexity index is 300. The van der Waals surface area contributed by atoms with Gasteiger partial charge in [-0.2, -0.15) is 0 Å². The molecule has 90 valence electrons. The van der Waals surface area contributed by atoms with Gasteiger partial charge in [-0.25, -0.2) is 4.79 Å². The SMILES string of the molecule is CC1CCOC1C(=O)NC(C(=O)O)C1CC1. The summed E-state index contributed by atoms with van der Waals surface area (Å²) in [6.07, 6.45) is 2.16. The van der Waals surface area contributed by atoms with E-state index in [2.05, 4.69) is 5.32 Å². The van der Waals surface area contributed by atoms with Crippen LogP contribution in [0, 0.1) is 11.8 Å². The van der Waals surface area contributed by atoms with Crippen molar-refractivity contribution in [2.24, 2.45) is 11.8 Å². The maximum atomic E-state index is 11.8. The molecule has 5 nitrogen and oxygen atoms in total. The number of carboxylic acid groups (broad SMARTS) is 1. The number of hydrogen-bond acceptors (Lipinski definition) is 3. The smallest absolute Gasteiger partial charge is 0.326 e. The van der Waals surface area contributed by atoms with E-state index in [0.717, 1.165) is 19.3 Å². The first-order valence-corrected chi connectivity index (χ1v) is 5.74. The molecule has 1 aliphatic heterocycles. The first-order chi connectivity index (χ1) is 7.59. The molecule has 3 atom stereocenters. The Hall–Kier alpha value is -1.10. The molecule has 0 aromatic rings. The molecule has 2 rings (SSSR count). The minimum Gasteiger partial charge on any atom is -0.480 e. The van der Waals surface area contributed by atoms with E-state index in [1.165, 1.54) is 0 Å². The molecule has 0 aromatic heterocycles. The molecule has 1 saturated heterocycles. The number of hydrogen-bond donors (Lipinski definition) is 2. The Kier molecular flexibility index (Phi) is 3.14. The lowest BCUT2D eigenvalue weighted by atomic mass is 10.0. The molecule has 2 N–H and O–H groups in total. The molecule has 1 aliphatic carbocycles. The van der Waals surface area contributed by atoms with Crippen molar-refractivity contribution in [1.29, 1.82) is 0 Å². The molecule has 1 amide bonds. The normalized spacial score (nSPS) is 31.1. The minimum absolute atomic E-state index is 0.109. The molecule has 2 fully saturated rings.